The minimum absolute atomic E-state index is 0.0217. The topological polar surface area (TPSA) is 126 Å². The van der Waals surface area contributed by atoms with Crippen molar-refractivity contribution >= 4 is 34.5 Å². The highest BCUT2D eigenvalue weighted by molar-refractivity contribution is 7.13. The van der Waals surface area contributed by atoms with Gasteiger partial charge in [0, 0.05) is 40.4 Å². The Morgan fingerprint density at radius 2 is 1.94 bits per heavy atom. The molecule has 2 heterocycles. The minimum atomic E-state index is -0.576. The van der Waals surface area contributed by atoms with E-state index in [1.807, 2.05) is 35.7 Å². The van der Waals surface area contributed by atoms with Crippen LogP contribution in [-0.2, 0) is 9.59 Å². The number of aliphatic hydroxyl groups excluding tert-OH is 1. The first-order chi connectivity index (χ1) is 15.0. The lowest BCUT2D eigenvalue weighted by atomic mass is 10.1. The van der Waals surface area contributed by atoms with Gasteiger partial charge in [0.05, 0.1) is 23.8 Å². The third-order valence-corrected chi connectivity index (χ3v) is 5.50. The Hall–Kier alpha value is -3.89. The number of benzene rings is 2. The number of nitrogens with one attached hydrogen (secondary N) is 1. The molecule has 1 aliphatic heterocycles. The molecule has 3 aromatic rings. The van der Waals surface area contributed by atoms with Gasteiger partial charge in [-0.05, 0) is 6.07 Å². The van der Waals surface area contributed by atoms with Gasteiger partial charge in [0.15, 0.2) is 0 Å². The van der Waals surface area contributed by atoms with E-state index in [0.29, 0.717) is 16.3 Å². The van der Waals surface area contributed by atoms with Gasteiger partial charge in [0.1, 0.15) is 10.7 Å². The van der Waals surface area contributed by atoms with Crippen LogP contribution in [0.1, 0.15) is 0 Å². The van der Waals surface area contributed by atoms with Crippen LogP contribution in [0.25, 0.3) is 21.8 Å². The molecular formula is C21H16N4O5S. The number of nitro groups is 1. The zero-order chi connectivity index (χ0) is 22.0. The Morgan fingerprint density at radius 3 is 2.65 bits per heavy atom. The van der Waals surface area contributed by atoms with E-state index in [2.05, 4.69) is 10.3 Å². The van der Waals surface area contributed by atoms with E-state index in [-0.39, 0.29) is 24.5 Å². The fourth-order valence-corrected chi connectivity index (χ4v) is 3.98. The number of anilines is 1. The van der Waals surface area contributed by atoms with Crippen LogP contribution in [0, 0.1) is 10.1 Å². The molecule has 0 saturated carbocycles. The van der Waals surface area contributed by atoms with Crippen LogP contribution in [0.15, 0.2) is 65.7 Å². The molecular weight excluding hydrogens is 420 g/mol. The molecule has 0 bridgehead atoms. The van der Waals surface area contributed by atoms with E-state index in [1.54, 1.807) is 0 Å². The molecule has 4 rings (SSSR count). The van der Waals surface area contributed by atoms with Crippen molar-refractivity contribution in [2.45, 2.75) is 0 Å². The Kier molecular flexibility index (Phi) is 5.56. The molecule has 1 aliphatic rings. The van der Waals surface area contributed by atoms with E-state index in [4.69, 9.17) is 5.11 Å². The van der Waals surface area contributed by atoms with E-state index >= 15 is 0 Å². The third-order valence-electron chi connectivity index (χ3n) is 4.62. The largest absolute Gasteiger partial charge is 0.395 e. The summed E-state index contributed by atoms with van der Waals surface area (Å²) in [6, 6.07) is 13.7. The second-order valence-electron chi connectivity index (χ2n) is 6.59. The molecule has 0 aliphatic carbocycles. The van der Waals surface area contributed by atoms with Crippen molar-refractivity contribution in [3.05, 3.63) is 75.8 Å². The Morgan fingerprint density at radius 1 is 1.16 bits per heavy atom. The first kappa shape index (κ1) is 20.4. The number of non-ortho nitro benzene ring substituents is 1. The summed E-state index contributed by atoms with van der Waals surface area (Å²) in [5.74, 6) is -1.11. The highest BCUT2D eigenvalue weighted by Crippen LogP contribution is 2.36. The van der Waals surface area contributed by atoms with Crippen molar-refractivity contribution in [3.8, 4) is 21.8 Å². The normalized spacial score (nSPS) is 13.5. The van der Waals surface area contributed by atoms with Crippen molar-refractivity contribution < 1.29 is 19.6 Å². The van der Waals surface area contributed by atoms with Crippen molar-refractivity contribution in [1.82, 2.24) is 9.88 Å². The monoisotopic (exact) mass is 436 g/mol. The molecule has 10 heteroatoms. The highest BCUT2D eigenvalue weighted by Gasteiger charge is 2.31. The fraction of sp³-hybridized carbons (Fsp3) is 0.0952. The van der Waals surface area contributed by atoms with E-state index in [0.717, 1.165) is 22.2 Å². The van der Waals surface area contributed by atoms with Gasteiger partial charge in [-0.3, -0.25) is 24.6 Å². The third kappa shape index (κ3) is 4.06. The molecule has 1 aromatic heterocycles. The predicted octanol–water partition coefficient (Wildman–Crippen LogP) is 3.04. The number of imide groups is 1. The van der Waals surface area contributed by atoms with Crippen LogP contribution in [0.2, 0.25) is 0 Å². The molecule has 31 heavy (non-hydrogen) atoms. The molecule has 156 valence electrons. The fourth-order valence-electron chi connectivity index (χ4n) is 3.13. The average Bonchev–Trinajstić information content (AvgIpc) is 3.36. The van der Waals surface area contributed by atoms with Crippen LogP contribution >= 0.6 is 11.3 Å². The molecule has 0 radical (unpaired) electrons. The zero-order valence-corrected chi connectivity index (χ0v) is 16.8. The van der Waals surface area contributed by atoms with Gasteiger partial charge in [-0.2, -0.15) is 0 Å². The molecule has 0 saturated heterocycles. The van der Waals surface area contributed by atoms with Crippen LogP contribution in [0.4, 0.5) is 11.4 Å². The maximum atomic E-state index is 12.5. The van der Waals surface area contributed by atoms with Gasteiger partial charge >= 0.3 is 0 Å². The number of hydrogen-bond acceptors (Lipinski definition) is 8. The number of rotatable bonds is 7. The number of aliphatic hydroxyl groups is 1. The molecule has 2 aromatic carbocycles. The van der Waals surface area contributed by atoms with Gasteiger partial charge in [-0.1, -0.05) is 30.3 Å². The minimum Gasteiger partial charge on any atom is -0.395 e. The van der Waals surface area contributed by atoms with Crippen molar-refractivity contribution in [2.75, 3.05) is 18.5 Å². The van der Waals surface area contributed by atoms with Crippen molar-refractivity contribution in [3.63, 3.8) is 0 Å². The maximum absolute atomic E-state index is 12.5. The van der Waals surface area contributed by atoms with Crippen molar-refractivity contribution in [2.24, 2.45) is 0 Å². The summed E-state index contributed by atoms with van der Waals surface area (Å²) in [7, 11) is 0. The van der Waals surface area contributed by atoms with Crippen molar-refractivity contribution in [1.29, 1.82) is 0 Å². The van der Waals surface area contributed by atoms with Crippen LogP contribution < -0.4 is 5.32 Å². The lowest BCUT2D eigenvalue weighted by molar-refractivity contribution is -0.384. The summed E-state index contributed by atoms with van der Waals surface area (Å²) in [6.45, 7) is -0.456. The number of aromatic nitrogens is 1. The quantitative estimate of drug-likeness (QED) is 0.331. The van der Waals surface area contributed by atoms with Crippen LogP contribution in [-0.4, -0.2) is 44.9 Å². The summed E-state index contributed by atoms with van der Waals surface area (Å²) in [5, 5.41) is 25.6. The summed E-state index contributed by atoms with van der Waals surface area (Å²) in [6.07, 6.45) is 1.14. The SMILES string of the molecule is O=C1C=C(Nc2ccc([N+](=O)[O-])cc2-c2nc(-c3ccccc3)cs2)C(=O)N1CCO. The molecule has 2 amide bonds. The number of carbonyl (C=O) groups is 2. The molecule has 0 atom stereocenters. The number of carbonyl (C=O) groups excluding carboxylic acids is 2. The maximum Gasteiger partial charge on any atom is 0.277 e. The Balaban J connectivity index is 1.71. The molecule has 2 N–H and O–H groups in total. The van der Waals surface area contributed by atoms with Gasteiger partial charge < -0.3 is 10.4 Å². The number of hydrogen-bond donors (Lipinski definition) is 2. The first-order valence-electron chi connectivity index (χ1n) is 9.23. The highest BCUT2D eigenvalue weighted by atomic mass is 32.1. The van der Waals surface area contributed by atoms with E-state index < -0.39 is 16.7 Å². The number of nitro benzene ring substituents is 1. The number of amides is 2. The van der Waals surface area contributed by atoms with Crippen LogP contribution in [0.3, 0.4) is 0 Å². The summed E-state index contributed by atoms with van der Waals surface area (Å²) in [5.41, 5.74) is 2.36. The average molecular weight is 436 g/mol. The van der Waals surface area contributed by atoms with Gasteiger partial charge in [0.2, 0.25) is 0 Å². The smallest absolute Gasteiger partial charge is 0.277 e. The van der Waals surface area contributed by atoms with Crippen LogP contribution in [0.5, 0.6) is 0 Å². The zero-order valence-electron chi connectivity index (χ0n) is 16.0. The Labute approximate surface area is 180 Å². The second kappa shape index (κ2) is 8.46. The van der Waals surface area contributed by atoms with Gasteiger partial charge in [0.25, 0.3) is 17.5 Å². The van der Waals surface area contributed by atoms with E-state index in [9.17, 15) is 19.7 Å². The second-order valence-corrected chi connectivity index (χ2v) is 7.45. The molecule has 0 spiro atoms. The molecule has 0 fully saturated rings. The first-order valence-corrected chi connectivity index (χ1v) is 10.1. The number of nitrogens with zero attached hydrogens (tertiary/aromatic N) is 3. The van der Waals surface area contributed by atoms with Gasteiger partial charge in [-0.15, -0.1) is 11.3 Å². The molecule has 0 unspecified atom stereocenters. The standard InChI is InChI=1S/C21H16N4O5S/c26-9-8-24-19(27)11-17(21(24)28)22-16-7-6-14(25(29)30)10-15(16)20-23-18(12-31-20)13-4-2-1-3-5-13/h1-7,10-12,22,26H,8-9H2. The lowest BCUT2D eigenvalue weighted by Gasteiger charge is -2.14. The molecule has 9 nitrogen and oxygen atoms in total. The number of β-amino-alcohol motifs (C(OH)–C–C–N with tert-alkyl or cyclic N) is 1. The summed E-state index contributed by atoms with van der Waals surface area (Å²) >= 11 is 1.31. The van der Waals surface area contributed by atoms with E-state index in [1.165, 1.54) is 29.5 Å². The lowest BCUT2D eigenvalue weighted by Crippen LogP contribution is -2.34. The summed E-state index contributed by atoms with van der Waals surface area (Å²) < 4.78 is 0. The summed E-state index contributed by atoms with van der Waals surface area (Å²) in [4.78, 5) is 40.8. The Bertz CT molecular complexity index is 1210. The van der Waals surface area contributed by atoms with Gasteiger partial charge in [-0.25, -0.2) is 4.98 Å². The number of thiazole rings is 1. The predicted molar refractivity (Wildman–Crippen MR) is 115 cm³/mol.